The van der Waals surface area contributed by atoms with Gasteiger partial charge in [0.1, 0.15) is 0 Å². The number of nitrogens with zero attached hydrogens (tertiary/aromatic N) is 3. The van der Waals surface area contributed by atoms with E-state index in [2.05, 4.69) is 10.1 Å². The maximum atomic E-state index is 11.6. The number of rotatable bonds is 4. The third-order valence-electron chi connectivity index (χ3n) is 3.41. The molecule has 3 N–H and O–H groups in total. The molecule has 2 heterocycles. The van der Waals surface area contributed by atoms with Crippen LogP contribution in [0.25, 0.3) is 16.8 Å². The lowest BCUT2D eigenvalue weighted by atomic mass is 10.0. The van der Waals surface area contributed by atoms with Gasteiger partial charge in [0.25, 0.3) is 0 Å². The summed E-state index contributed by atoms with van der Waals surface area (Å²) in [7, 11) is 3.05. The number of ether oxygens (including phenoxy) is 2. The molecular formula is C15H14N4O4. The van der Waals surface area contributed by atoms with Crippen LogP contribution in [0, 0.1) is 0 Å². The second-order valence-electron chi connectivity index (χ2n) is 4.75. The Morgan fingerprint density at radius 2 is 1.96 bits per heavy atom. The Morgan fingerprint density at radius 1 is 1.22 bits per heavy atom. The molecule has 0 radical (unpaired) electrons. The van der Waals surface area contributed by atoms with Gasteiger partial charge in [0.05, 0.1) is 19.8 Å². The molecule has 3 aromatic rings. The zero-order valence-corrected chi connectivity index (χ0v) is 12.5. The Kier molecular flexibility index (Phi) is 3.49. The van der Waals surface area contributed by atoms with Crippen molar-refractivity contribution in [1.82, 2.24) is 14.6 Å². The highest BCUT2D eigenvalue weighted by atomic mass is 16.5. The first-order chi connectivity index (χ1) is 11.0. The van der Waals surface area contributed by atoms with Crippen molar-refractivity contribution in [2.24, 2.45) is 0 Å². The van der Waals surface area contributed by atoms with E-state index in [-0.39, 0.29) is 11.5 Å². The minimum Gasteiger partial charge on any atom is -0.493 e. The second-order valence-corrected chi connectivity index (χ2v) is 4.75. The van der Waals surface area contributed by atoms with Gasteiger partial charge in [-0.3, -0.25) is 0 Å². The fourth-order valence-electron chi connectivity index (χ4n) is 2.36. The van der Waals surface area contributed by atoms with Gasteiger partial charge in [0, 0.05) is 11.8 Å². The molecule has 1 aromatic carbocycles. The van der Waals surface area contributed by atoms with Crippen LogP contribution in [-0.2, 0) is 0 Å². The normalized spacial score (nSPS) is 10.7. The molecule has 2 aromatic heterocycles. The number of carbonyl (C=O) groups is 1. The predicted octanol–water partition coefficient (Wildman–Crippen LogP) is 1.69. The van der Waals surface area contributed by atoms with Crippen LogP contribution in [0.4, 0.5) is 5.95 Å². The first-order valence-corrected chi connectivity index (χ1v) is 6.65. The van der Waals surface area contributed by atoms with E-state index in [1.165, 1.54) is 24.8 Å². The highest BCUT2D eigenvalue weighted by Crippen LogP contribution is 2.34. The summed E-state index contributed by atoms with van der Waals surface area (Å²) in [5, 5.41) is 13.5. The van der Waals surface area contributed by atoms with E-state index in [0.29, 0.717) is 28.3 Å². The summed E-state index contributed by atoms with van der Waals surface area (Å²) < 4.78 is 11.9. The molecule has 0 unspecified atom stereocenters. The van der Waals surface area contributed by atoms with Crippen LogP contribution in [-0.4, -0.2) is 39.9 Å². The molecule has 118 valence electrons. The standard InChI is InChI=1S/C15H14N4O4/c1-22-11-4-3-8(5-12(11)23-2)10-7-19-13(17-15(16)18-19)6-9(10)14(20)21/h3-7H,1-2H3,(H2,16,18)(H,20,21). The second kappa shape index (κ2) is 5.48. The molecule has 8 nitrogen and oxygen atoms in total. The number of hydrogen-bond donors (Lipinski definition) is 2. The van der Waals surface area contributed by atoms with Crippen molar-refractivity contribution < 1.29 is 19.4 Å². The summed E-state index contributed by atoms with van der Waals surface area (Å²) in [6.45, 7) is 0. The third kappa shape index (κ3) is 2.50. The number of carboxylic acids is 1. The number of anilines is 1. The van der Waals surface area contributed by atoms with Gasteiger partial charge in [0.2, 0.25) is 5.95 Å². The topological polar surface area (TPSA) is 112 Å². The zero-order valence-electron chi connectivity index (χ0n) is 12.5. The fourth-order valence-corrected chi connectivity index (χ4v) is 2.36. The highest BCUT2D eigenvalue weighted by Gasteiger charge is 2.17. The van der Waals surface area contributed by atoms with Crippen molar-refractivity contribution in [2.45, 2.75) is 0 Å². The Labute approximate surface area is 131 Å². The summed E-state index contributed by atoms with van der Waals surface area (Å²) in [5.41, 5.74) is 7.14. The molecule has 0 saturated carbocycles. The van der Waals surface area contributed by atoms with Crippen molar-refractivity contribution in [3.63, 3.8) is 0 Å². The van der Waals surface area contributed by atoms with E-state index in [4.69, 9.17) is 15.2 Å². The van der Waals surface area contributed by atoms with Gasteiger partial charge in [0.15, 0.2) is 17.1 Å². The molecule has 0 amide bonds. The van der Waals surface area contributed by atoms with E-state index in [1.54, 1.807) is 24.4 Å². The van der Waals surface area contributed by atoms with Crippen LogP contribution < -0.4 is 15.2 Å². The van der Waals surface area contributed by atoms with E-state index >= 15 is 0 Å². The number of aromatic nitrogens is 3. The van der Waals surface area contributed by atoms with Crippen molar-refractivity contribution in [3.05, 3.63) is 36.0 Å². The summed E-state index contributed by atoms with van der Waals surface area (Å²) in [6, 6.07) is 6.58. The maximum Gasteiger partial charge on any atom is 0.336 e. The minimum absolute atomic E-state index is 0.0748. The van der Waals surface area contributed by atoms with Gasteiger partial charge in [-0.15, -0.1) is 5.10 Å². The molecule has 0 fully saturated rings. The first kappa shape index (κ1) is 14.6. The van der Waals surface area contributed by atoms with Crippen molar-refractivity contribution in [3.8, 4) is 22.6 Å². The van der Waals surface area contributed by atoms with E-state index < -0.39 is 5.97 Å². The zero-order chi connectivity index (χ0) is 16.6. The molecule has 0 bridgehead atoms. The number of nitrogens with two attached hydrogens (primary N) is 1. The first-order valence-electron chi connectivity index (χ1n) is 6.65. The van der Waals surface area contributed by atoms with Crippen molar-refractivity contribution >= 4 is 17.6 Å². The molecule has 0 aliphatic rings. The van der Waals surface area contributed by atoms with Gasteiger partial charge in [-0.1, -0.05) is 6.07 Å². The average molecular weight is 314 g/mol. The smallest absolute Gasteiger partial charge is 0.336 e. The number of methoxy groups -OCH3 is 2. The minimum atomic E-state index is -1.07. The molecule has 0 spiro atoms. The number of pyridine rings is 1. The van der Waals surface area contributed by atoms with Crippen LogP contribution in [0.5, 0.6) is 11.5 Å². The third-order valence-corrected chi connectivity index (χ3v) is 3.41. The molecule has 23 heavy (non-hydrogen) atoms. The van der Waals surface area contributed by atoms with Crippen LogP contribution in [0.2, 0.25) is 0 Å². The Hall–Kier alpha value is -3.29. The average Bonchev–Trinajstić information content (AvgIpc) is 2.91. The number of fused-ring (bicyclic) bond motifs is 1. The van der Waals surface area contributed by atoms with Gasteiger partial charge in [-0.2, -0.15) is 4.98 Å². The van der Waals surface area contributed by atoms with E-state index in [1.807, 2.05) is 0 Å². The summed E-state index contributed by atoms with van der Waals surface area (Å²) in [6.07, 6.45) is 1.57. The Morgan fingerprint density at radius 3 is 2.61 bits per heavy atom. The lowest BCUT2D eigenvalue weighted by Crippen LogP contribution is -2.03. The van der Waals surface area contributed by atoms with Crippen molar-refractivity contribution in [2.75, 3.05) is 20.0 Å². The van der Waals surface area contributed by atoms with Crippen LogP contribution in [0.15, 0.2) is 30.5 Å². The van der Waals surface area contributed by atoms with Crippen LogP contribution in [0.3, 0.4) is 0 Å². The summed E-state index contributed by atoms with van der Waals surface area (Å²) in [4.78, 5) is 15.6. The maximum absolute atomic E-state index is 11.6. The quantitative estimate of drug-likeness (QED) is 0.753. The molecule has 0 aliphatic carbocycles. The lowest BCUT2D eigenvalue weighted by molar-refractivity contribution is 0.0697. The monoisotopic (exact) mass is 314 g/mol. The molecule has 0 saturated heterocycles. The number of nitrogen functional groups attached to an aromatic ring is 1. The number of aromatic carboxylic acids is 1. The Bertz CT molecular complexity index is 904. The molecule has 8 heteroatoms. The summed E-state index contributed by atoms with van der Waals surface area (Å²) >= 11 is 0. The molecule has 3 rings (SSSR count). The van der Waals surface area contributed by atoms with Gasteiger partial charge in [-0.05, 0) is 23.8 Å². The number of carboxylic acid groups (broad SMARTS) is 1. The van der Waals surface area contributed by atoms with E-state index in [9.17, 15) is 9.90 Å². The SMILES string of the molecule is COc1ccc(-c2cn3nc(N)nc3cc2C(=O)O)cc1OC. The predicted molar refractivity (Wildman–Crippen MR) is 82.9 cm³/mol. The van der Waals surface area contributed by atoms with Crippen LogP contribution >= 0.6 is 0 Å². The van der Waals surface area contributed by atoms with Gasteiger partial charge in [-0.25, -0.2) is 9.31 Å². The number of hydrogen-bond acceptors (Lipinski definition) is 6. The number of benzene rings is 1. The largest absolute Gasteiger partial charge is 0.493 e. The van der Waals surface area contributed by atoms with E-state index in [0.717, 1.165) is 0 Å². The summed E-state index contributed by atoms with van der Waals surface area (Å²) in [5.74, 6) is 0.0587. The van der Waals surface area contributed by atoms with Gasteiger partial charge < -0.3 is 20.3 Å². The van der Waals surface area contributed by atoms with Gasteiger partial charge >= 0.3 is 5.97 Å². The molecule has 0 atom stereocenters. The molecule has 0 aliphatic heterocycles. The lowest BCUT2D eigenvalue weighted by Gasteiger charge is -2.11. The van der Waals surface area contributed by atoms with Crippen LogP contribution in [0.1, 0.15) is 10.4 Å². The van der Waals surface area contributed by atoms with Crippen molar-refractivity contribution in [1.29, 1.82) is 0 Å². The highest BCUT2D eigenvalue weighted by molar-refractivity contribution is 5.97. The fraction of sp³-hybridized carbons (Fsp3) is 0.133. The molecular weight excluding hydrogens is 300 g/mol. The Balaban J connectivity index is 2.25.